The molecule has 0 aromatic heterocycles. The molecule has 0 saturated carbocycles. The predicted octanol–water partition coefficient (Wildman–Crippen LogP) is 0.940. The Morgan fingerprint density at radius 1 is 1.19 bits per heavy atom. The molecule has 1 aromatic carbocycles. The standard InChI is InChI=1S/C14H22N2O4S/c1-11-5-6-13(12(2)9-11)21(19,20)16(10-14(17)18)8-7-15(3)4/h5-6,9H,7-8,10H2,1-4H3,(H,17,18). The van der Waals surface area contributed by atoms with Gasteiger partial charge in [0.2, 0.25) is 10.0 Å². The maximum Gasteiger partial charge on any atom is 0.318 e. The fourth-order valence-corrected chi connectivity index (χ4v) is 3.56. The zero-order chi connectivity index (χ0) is 16.2. The van der Waals surface area contributed by atoms with E-state index in [0.717, 1.165) is 9.87 Å². The summed E-state index contributed by atoms with van der Waals surface area (Å²) in [7, 11) is -0.197. The van der Waals surface area contributed by atoms with Crippen LogP contribution in [-0.2, 0) is 14.8 Å². The number of rotatable bonds is 7. The number of carbonyl (C=O) groups is 1. The molecule has 0 amide bonds. The smallest absolute Gasteiger partial charge is 0.318 e. The molecular formula is C14H22N2O4S. The van der Waals surface area contributed by atoms with Gasteiger partial charge in [-0.2, -0.15) is 4.31 Å². The minimum absolute atomic E-state index is 0.134. The van der Waals surface area contributed by atoms with Crippen LogP contribution in [0.4, 0.5) is 0 Å². The van der Waals surface area contributed by atoms with Crippen molar-refractivity contribution in [1.82, 2.24) is 9.21 Å². The summed E-state index contributed by atoms with van der Waals surface area (Å²) in [6, 6.07) is 5.02. The highest BCUT2D eigenvalue weighted by Gasteiger charge is 2.27. The second kappa shape index (κ2) is 7.02. The molecule has 0 aliphatic rings. The summed E-state index contributed by atoms with van der Waals surface area (Å²) in [5.41, 5.74) is 1.58. The number of hydrogen-bond acceptors (Lipinski definition) is 4. The Morgan fingerprint density at radius 3 is 2.29 bits per heavy atom. The molecule has 0 atom stereocenters. The molecule has 0 spiro atoms. The maximum atomic E-state index is 12.7. The summed E-state index contributed by atoms with van der Waals surface area (Å²) in [6.45, 7) is 3.64. The van der Waals surface area contributed by atoms with E-state index in [1.165, 1.54) is 6.07 Å². The second-order valence-corrected chi connectivity index (χ2v) is 7.21. The van der Waals surface area contributed by atoms with Crippen LogP contribution in [-0.4, -0.2) is 62.4 Å². The molecule has 0 heterocycles. The fraction of sp³-hybridized carbons (Fsp3) is 0.500. The molecule has 0 unspecified atom stereocenters. The van der Waals surface area contributed by atoms with E-state index in [4.69, 9.17) is 5.11 Å². The highest BCUT2D eigenvalue weighted by atomic mass is 32.2. The summed E-state index contributed by atoms with van der Waals surface area (Å²) in [5.74, 6) is -1.16. The van der Waals surface area contributed by atoms with Crippen molar-refractivity contribution in [3.63, 3.8) is 0 Å². The van der Waals surface area contributed by atoms with Gasteiger partial charge in [0.1, 0.15) is 6.54 Å². The van der Waals surface area contributed by atoms with Crippen LogP contribution >= 0.6 is 0 Å². The molecule has 1 rings (SSSR count). The van der Waals surface area contributed by atoms with Crippen LogP contribution in [0.2, 0.25) is 0 Å². The Hall–Kier alpha value is -1.44. The molecule has 1 aromatic rings. The summed E-state index contributed by atoms with van der Waals surface area (Å²) in [6.07, 6.45) is 0. The number of sulfonamides is 1. The Balaban J connectivity index is 3.16. The SMILES string of the molecule is Cc1ccc(S(=O)(=O)N(CCN(C)C)CC(=O)O)c(C)c1. The van der Waals surface area contributed by atoms with E-state index >= 15 is 0 Å². The average Bonchev–Trinajstić information content (AvgIpc) is 2.33. The van der Waals surface area contributed by atoms with Gasteiger partial charge in [0.05, 0.1) is 4.90 Å². The monoisotopic (exact) mass is 314 g/mol. The lowest BCUT2D eigenvalue weighted by molar-refractivity contribution is -0.137. The Kier molecular flexibility index (Phi) is 5.88. The van der Waals surface area contributed by atoms with E-state index in [0.29, 0.717) is 12.1 Å². The van der Waals surface area contributed by atoms with E-state index in [2.05, 4.69) is 0 Å². The van der Waals surface area contributed by atoms with Gasteiger partial charge in [-0.15, -0.1) is 0 Å². The Morgan fingerprint density at radius 2 is 1.81 bits per heavy atom. The molecule has 1 N–H and O–H groups in total. The zero-order valence-electron chi connectivity index (χ0n) is 12.8. The molecule has 118 valence electrons. The van der Waals surface area contributed by atoms with E-state index in [9.17, 15) is 13.2 Å². The predicted molar refractivity (Wildman–Crippen MR) is 80.9 cm³/mol. The highest BCUT2D eigenvalue weighted by Crippen LogP contribution is 2.20. The van der Waals surface area contributed by atoms with Gasteiger partial charge in [-0.3, -0.25) is 4.79 Å². The summed E-state index contributed by atoms with van der Waals surface area (Å²) < 4.78 is 26.3. The largest absolute Gasteiger partial charge is 0.480 e. The van der Waals surface area contributed by atoms with Crippen LogP contribution in [0.1, 0.15) is 11.1 Å². The van der Waals surface area contributed by atoms with Crippen LogP contribution in [0.3, 0.4) is 0 Å². The summed E-state index contributed by atoms with van der Waals surface area (Å²) >= 11 is 0. The van der Waals surface area contributed by atoms with Crippen LogP contribution in [0.5, 0.6) is 0 Å². The van der Waals surface area contributed by atoms with Crippen molar-refractivity contribution in [2.24, 2.45) is 0 Å². The lowest BCUT2D eigenvalue weighted by Gasteiger charge is -2.23. The van der Waals surface area contributed by atoms with Crippen molar-refractivity contribution in [3.05, 3.63) is 29.3 Å². The summed E-state index contributed by atoms with van der Waals surface area (Å²) in [4.78, 5) is 12.9. The van der Waals surface area contributed by atoms with Crippen LogP contribution in [0.15, 0.2) is 23.1 Å². The first-order valence-corrected chi connectivity index (χ1v) is 8.02. The number of benzene rings is 1. The van der Waals surface area contributed by atoms with Gasteiger partial charge >= 0.3 is 5.97 Å². The van der Waals surface area contributed by atoms with E-state index in [-0.39, 0.29) is 11.4 Å². The van der Waals surface area contributed by atoms with Crippen LogP contribution in [0, 0.1) is 13.8 Å². The van der Waals surface area contributed by atoms with E-state index < -0.39 is 22.5 Å². The van der Waals surface area contributed by atoms with Gasteiger partial charge < -0.3 is 10.0 Å². The van der Waals surface area contributed by atoms with Crippen molar-refractivity contribution in [2.75, 3.05) is 33.7 Å². The lowest BCUT2D eigenvalue weighted by Crippen LogP contribution is -2.40. The number of aryl methyl sites for hydroxylation is 2. The lowest BCUT2D eigenvalue weighted by atomic mass is 10.2. The van der Waals surface area contributed by atoms with Gasteiger partial charge in [-0.1, -0.05) is 17.7 Å². The number of carboxylic acids is 1. The first kappa shape index (κ1) is 17.6. The third kappa shape index (κ3) is 4.80. The number of likely N-dealkylation sites (N-methyl/N-ethyl adjacent to an activating group) is 1. The average molecular weight is 314 g/mol. The molecule has 0 bridgehead atoms. The molecule has 0 radical (unpaired) electrons. The normalized spacial score (nSPS) is 12.1. The molecular weight excluding hydrogens is 292 g/mol. The molecule has 0 aliphatic carbocycles. The van der Waals surface area contributed by atoms with Crippen LogP contribution < -0.4 is 0 Å². The second-order valence-electron chi connectivity index (χ2n) is 5.30. The maximum absolute atomic E-state index is 12.7. The molecule has 21 heavy (non-hydrogen) atoms. The number of aliphatic carboxylic acids is 1. The van der Waals surface area contributed by atoms with Gasteiger partial charge in [-0.05, 0) is 39.6 Å². The molecule has 6 nitrogen and oxygen atoms in total. The third-order valence-corrected chi connectivity index (χ3v) is 5.06. The number of hydrogen-bond donors (Lipinski definition) is 1. The number of carboxylic acid groups (broad SMARTS) is 1. The molecule has 7 heteroatoms. The first-order valence-electron chi connectivity index (χ1n) is 6.58. The van der Waals surface area contributed by atoms with E-state index in [1.54, 1.807) is 19.1 Å². The topological polar surface area (TPSA) is 77.9 Å². The van der Waals surface area contributed by atoms with Gasteiger partial charge in [0.25, 0.3) is 0 Å². The van der Waals surface area contributed by atoms with E-state index in [1.807, 2.05) is 25.9 Å². The highest BCUT2D eigenvalue weighted by molar-refractivity contribution is 7.89. The zero-order valence-corrected chi connectivity index (χ0v) is 13.6. The fourth-order valence-electron chi connectivity index (χ4n) is 1.97. The van der Waals surface area contributed by atoms with Crippen molar-refractivity contribution >= 4 is 16.0 Å². The minimum Gasteiger partial charge on any atom is -0.480 e. The van der Waals surface area contributed by atoms with Crippen molar-refractivity contribution in [1.29, 1.82) is 0 Å². The number of nitrogens with zero attached hydrogens (tertiary/aromatic N) is 2. The quantitative estimate of drug-likeness (QED) is 0.810. The molecule has 0 aliphatic heterocycles. The molecule has 0 saturated heterocycles. The third-order valence-electron chi connectivity index (χ3n) is 3.06. The first-order chi connectivity index (χ1) is 9.64. The van der Waals surface area contributed by atoms with Crippen molar-refractivity contribution in [2.45, 2.75) is 18.7 Å². The van der Waals surface area contributed by atoms with Crippen molar-refractivity contribution < 1.29 is 18.3 Å². The summed E-state index contributed by atoms with van der Waals surface area (Å²) in [5, 5.41) is 8.95. The van der Waals surface area contributed by atoms with Gasteiger partial charge in [0, 0.05) is 13.1 Å². The Bertz CT molecular complexity index is 611. The van der Waals surface area contributed by atoms with Crippen molar-refractivity contribution in [3.8, 4) is 0 Å². The minimum atomic E-state index is -3.81. The van der Waals surface area contributed by atoms with Gasteiger partial charge in [-0.25, -0.2) is 8.42 Å². The van der Waals surface area contributed by atoms with Gasteiger partial charge in [0.15, 0.2) is 0 Å². The molecule has 0 fully saturated rings. The Labute approximate surface area is 126 Å². The van der Waals surface area contributed by atoms with Crippen LogP contribution in [0.25, 0.3) is 0 Å².